The summed E-state index contributed by atoms with van der Waals surface area (Å²) in [5.41, 5.74) is 1.57. The van der Waals surface area contributed by atoms with E-state index in [4.69, 9.17) is 0 Å². The van der Waals surface area contributed by atoms with Gasteiger partial charge in [0.05, 0.1) is 0 Å². The molecule has 0 rings (SSSR count). The molecule has 0 fully saturated rings. The van der Waals surface area contributed by atoms with Gasteiger partial charge in [-0.1, -0.05) is 125 Å². The summed E-state index contributed by atoms with van der Waals surface area (Å²) in [6.07, 6.45) is 18.0. The van der Waals surface area contributed by atoms with Crippen LogP contribution in [0.4, 0.5) is 0 Å². The van der Waals surface area contributed by atoms with Crippen molar-refractivity contribution < 1.29 is 0 Å². The minimum absolute atomic E-state index is 0.562. The van der Waals surface area contributed by atoms with Gasteiger partial charge in [0.2, 0.25) is 0 Å². The Balaban J connectivity index is -0.000000177. The Morgan fingerprint density at radius 1 is 0.815 bits per heavy atom. The normalized spacial score (nSPS) is 12.6. The molecule has 0 saturated carbocycles. The summed E-state index contributed by atoms with van der Waals surface area (Å²) in [6, 6.07) is 0. The molecule has 166 valence electrons. The lowest BCUT2D eigenvalue weighted by atomic mass is 9.90. The number of halogens is 1. The number of allylic oxidation sites excluding steroid dienone is 6. The topological polar surface area (TPSA) is 0 Å². The molecule has 2 unspecified atom stereocenters. The van der Waals surface area contributed by atoms with Crippen LogP contribution in [0.15, 0.2) is 36.0 Å². The lowest BCUT2D eigenvalue weighted by Gasteiger charge is -2.16. The first kappa shape index (κ1) is 37.3. The summed E-state index contributed by atoms with van der Waals surface area (Å²) >= 11 is 4.64. The van der Waals surface area contributed by atoms with Gasteiger partial charge < -0.3 is 0 Å². The maximum absolute atomic E-state index is 4.64. The molecule has 0 heterocycles. The highest BCUT2D eigenvalue weighted by Crippen LogP contribution is 2.23. The lowest BCUT2D eigenvalue weighted by molar-refractivity contribution is 0.479. The SMILES string of the molecule is C/C=C\C=C(\CCC(C)CCC)C(C)/C=C\C(C)C.CC.CC.CC.CCl. The van der Waals surface area contributed by atoms with Gasteiger partial charge in [-0.3, -0.25) is 0 Å². The average molecular weight is 403 g/mol. The van der Waals surface area contributed by atoms with Crippen molar-refractivity contribution in [2.45, 2.75) is 109 Å². The van der Waals surface area contributed by atoms with Crippen molar-refractivity contribution in [1.29, 1.82) is 0 Å². The van der Waals surface area contributed by atoms with Crippen molar-refractivity contribution >= 4 is 11.6 Å². The van der Waals surface area contributed by atoms with Gasteiger partial charge in [-0.05, 0) is 37.5 Å². The van der Waals surface area contributed by atoms with Crippen molar-refractivity contribution in [2.24, 2.45) is 17.8 Å². The molecule has 0 aliphatic heterocycles. The van der Waals surface area contributed by atoms with Crippen LogP contribution in [0.25, 0.3) is 0 Å². The second-order valence-electron chi connectivity index (χ2n) is 6.12. The zero-order valence-electron chi connectivity index (χ0n) is 21.3. The molecule has 0 aliphatic carbocycles. The maximum Gasteiger partial charge on any atom is 0.0108 e. The van der Waals surface area contributed by atoms with Crippen LogP contribution in [0.3, 0.4) is 0 Å². The molecular formula is C26H55Cl. The molecule has 0 aromatic rings. The minimum atomic E-state index is 0.562. The van der Waals surface area contributed by atoms with Crippen LogP contribution in [0, 0.1) is 17.8 Å². The highest BCUT2D eigenvalue weighted by atomic mass is 35.5. The van der Waals surface area contributed by atoms with Gasteiger partial charge in [0.1, 0.15) is 0 Å². The minimum Gasteiger partial charge on any atom is -0.130 e. The number of hydrogen-bond acceptors (Lipinski definition) is 0. The molecule has 0 amide bonds. The quantitative estimate of drug-likeness (QED) is 0.204. The average Bonchev–Trinajstić information content (AvgIpc) is 2.72. The first-order valence-electron chi connectivity index (χ1n) is 11.4. The molecule has 0 saturated heterocycles. The molecule has 0 radical (unpaired) electrons. The van der Waals surface area contributed by atoms with Gasteiger partial charge in [0, 0.05) is 6.38 Å². The van der Waals surface area contributed by atoms with E-state index >= 15 is 0 Å². The van der Waals surface area contributed by atoms with E-state index in [0.717, 1.165) is 5.92 Å². The molecule has 0 aromatic carbocycles. The van der Waals surface area contributed by atoms with Crippen molar-refractivity contribution in [3.63, 3.8) is 0 Å². The fourth-order valence-corrected chi connectivity index (χ4v) is 2.25. The van der Waals surface area contributed by atoms with E-state index in [0.29, 0.717) is 11.8 Å². The fourth-order valence-electron chi connectivity index (χ4n) is 2.25. The predicted molar refractivity (Wildman–Crippen MR) is 135 cm³/mol. The van der Waals surface area contributed by atoms with Gasteiger partial charge in [-0.15, -0.1) is 11.6 Å². The van der Waals surface area contributed by atoms with Crippen molar-refractivity contribution in [3.8, 4) is 0 Å². The van der Waals surface area contributed by atoms with Crippen LogP contribution in [0.5, 0.6) is 0 Å². The molecule has 1 heteroatoms. The van der Waals surface area contributed by atoms with Crippen LogP contribution in [0.1, 0.15) is 109 Å². The Hall–Kier alpha value is -0.490. The third-order valence-corrected chi connectivity index (χ3v) is 3.58. The number of hydrogen-bond donors (Lipinski definition) is 0. The number of rotatable bonds is 9. The molecular weight excluding hydrogens is 348 g/mol. The molecule has 0 N–H and O–H groups in total. The van der Waals surface area contributed by atoms with E-state index in [9.17, 15) is 0 Å². The zero-order valence-corrected chi connectivity index (χ0v) is 22.1. The molecule has 0 nitrogen and oxygen atoms in total. The zero-order chi connectivity index (χ0) is 22.7. The van der Waals surface area contributed by atoms with Crippen molar-refractivity contribution in [1.82, 2.24) is 0 Å². The summed E-state index contributed by atoms with van der Waals surface area (Å²) in [7, 11) is 0. The van der Waals surface area contributed by atoms with Gasteiger partial charge >= 0.3 is 0 Å². The van der Waals surface area contributed by atoms with E-state index < -0.39 is 0 Å². The largest absolute Gasteiger partial charge is 0.130 e. The standard InChI is InChI=1S/C19H34.3C2H6.CH3Cl/c1-7-9-11-19(15-13-17(5)10-8-2)18(6)14-12-16(3)4;4*1-2/h7,9,11-12,14,16-18H,8,10,13,15H2,1-6H3;3*1-2H3;1H3/b9-7-,14-12-,19-11-;;;;. The smallest absolute Gasteiger partial charge is 0.0108 e. The summed E-state index contributed by atoms with van der Waals surface area (Å²) in [5.74, 6) is 2.05. The summed E-state index contributed by atoms with van der Waals surface area (Å²) < 4.78 is 0. The highest BCUT2D eigenvalue weighted by molar-refractivity contribution is 6.15. The van der Waals surface area contributed by atoms with E-state index in [1.54, 1.807) is 5.57 Å². The van der Waals surface area contributed by atoms with Gasteiger partial charge in [-0.25, -0.2) is 0 Å². The first-order chi connectivity index (χ1) is 13.0. The Morgan fingerprint density at radius 2 is 1.30 bits per heavy atom. The van der Waals surface area contributed by atoms with Gasteiger partial charge in [0.25, 0.3) is 0 Å². The highest BCUT2D eigenvalue weighted by Gasteiger charge is 2.08. The third kappa shape index (κ3) is 33.5. The lowest BCUT2D eigenvalue weighted by Crippen LogP contribution is -2.01. The summed E-state index contributed by atoms with van der Waals surface area (Å²) in [4.78, 5) is 0. The third-order valence-electron chi connectivity index (χ3n) is 3.58. The number of alkyl halides is 1. The molecule has 0 spiro atoms. The van der Waals surface area contributed by atoms with E-state index in [2.05, 4.69) is 83.5 Å². The molecule has 2 atom stereocenters. The Kier molecular flexibility index (Phi) is 50.3. The molecule has 0 aliphatic rings. The predicted octanol–water partition coefficient (Wildman–Crippen LogP) is 10.5. The monoisotopic (exact) mass is 402 g/mol. The van der Waals surface area contributed by atoms with E-state index in [1.165, 1.54) is 32.1 Å². The second kappa shape index (κ2) is 36.4. The molecule has 0 aromatic heterocycles. The van der Waals surface area contributed by atoms with Crippen LogP contribution >= 0.6 is 11.6 Å². The Bertz CT molecular complexity index is 297. The van der Waals surface area contributed by atoms with Crippen molar-refractivity contribution in [3.05, 3.63) is 36.0 Å². The van der Waals surface area contributed by atoms with Gasteiger partial charge in [-0.2, -0.15) is 0 Å². The summed E-state index contributed by atoms with van der Waals surface area (Å²) in [6.45, 7) is 25.5. The Morgan fingerprint density at radius 3 is 1.67 bits per heavy atom. The van der Waals surface area contributed by atoms with Gasteiger partial charge in [0.15, 0.2) is 0 Å². The van der Waals surface area contributed by atoms with Crippen molar-refractivity contribution in [2.75, 3.05) is 6.38 Å². The van der Waals surface area contributed by atoms with E-state index in [-0.39, 0.29) is 0 Å². The summed E-state index contributed by atoms with van der Waals surface area (Å²) in [5, 5.41) is 0. The van der Waals surface area contributed by atoms with Crippen LogP contribution in [0.2, 0.25) is 0 Å². The van der Waals surface area contributed by atoms with Crippen LogP contribution in [-0.4, -0.2) is 6.38 Å². The van der Waals surface area contributed by atoms with Crippen LogP contribution in [-0.2, 0) is 0 Å². The Labute approximate surface area is 180 Å². The second-order valence-corrected chi connectivity index (χ2v) is 6.12. The van der Waals surface area contributed by atoms with Crippen LogP contribution < -0.4 is 0 Å². The first-order valence-corrected chi connectivity index (χ1v) is 12.1. The fraction of sp³-hybridized carbons (Fsp3) is 0.769. The maximum atomic E-state index is 4.64. The molecule has 0 bridgehead atoms. The molecule has 27 heavy (non-hydrogen) atoms. The van der Waals surface area contributed by atoms with E-state index in [1.807, 2.05) is 41.5 Å².